The largest absolute Gasteiger partial charge is 0.381 e. The summed E-state index contributed by atoms with van der Waals surface area (Å²) in [5.41, 5.74) is 1.27. The summed E-state index contributed by atoms with van der Waals surface area (Å²) in [6.45, 7) is 1.67. The lowest BCUT2D eigenvalue weighted by Crippen LogP contribution is -2.35. The summed E-state index contributed by atoms with van der Waals surface area (Å²) >= 11 is 15.9. The lowest BCUT2D eigenvalue weighted by atomic mass is 9.79. The van der Waals surface area contributed by atoms with E-state index in [-0.39, 0.29) is 5.41 Å². The third-order valence-electron chi connectivity index (χ3n) is 3.26. The van der Waals surface area contributed by atoms with Crippen LogP contribution in [0.4, 0.5) is 0 Å². The Kier molecular flexibility index (Phi) is 4.76. The van der Waals surface area contributed by atoms with Gasteiger partial charge in [0.2, 0.25) is 0 Å². The molecule has 1 atom stereocenters. The molecule has 1 aromatic carbocycles. The average Bonchev–Trinajstić information content (AvgIpc) is 2.35. The number of ether oxygens (including phenoxy) is 1. The second-order valence-corrected chi connectivity index (χ2v) is 6.11. The molecule has 17 heavy (non-hydrogen) atoms. The topological polar surface area (TPSA) is 9.23 Å². The van der Waals surface area contributed by atoms with Crippen molar-refractivity contribution in [2.24, 2.45) is 5.41 Å². The van der Waals surface area contributed by atoms with E-state index in [0.717, 1.165) is 47.0 Å². The van der Waals surface area contributed by atoms with E-state index in [2.05, 4.69) is 15.9 Å². The Hall–Kier alpha value is 0.240. The van der Waals surface area contributed by atoms with E-state index in [4.69, 9.17) is 27.9 Å². The molecule has 0 radical (unpaired) electrons. The summed E-state index contributed by atoms with van der Waals surface area (Å²) in [6, 6.07) is 5.65. The van der Waals surface area contributed by atoms with Crippen LogP contribution in [0.25, 0.3) is 0 Å². The van der Waals surface area contributed by atoms with Crippen LogP contribution in [0.15, 0.2) is 18.2 Å². The molecule has 0 N–H and O–H groups in total. The van der Waals surface area contributed by atoms with Gasteiger partial charge in [0, 0.05) is 27.4 Å². The van der Waals surface area contributed by atoms with Gasteiger partial charge in [0.1, 0.15) is 0 Å². The summed E-state index contributed by atoms with van der Waals surface area (Å²) in [5.74, 6) is 0. The highest BCUT2D eigenvalue weighted by molar-refractivity contribution is 9.09. The molecule has 1 aliphatic rings. The molecular weight excluding hydrogens is 323 g/mol. The number of benzene rings is 1. The standard InChI is InChI=1S/C13H15BrCl2O/c14-8-13(4-1-5-17-9-13)7-10-6-11(15)2-3-12(10)16/h2-3,6H,1,4-5,7-9H2. The van der Waals surface area contributed by atoms with Gasteiger partial charge in [-0.1, -0.05) is 39.1 Å². The number of halogens is 3. The predicted molar refractivity (Wildman–Crippen MR) is 76.4 cm³/mol. The minimum absolute atomic E-state index is 0.159. The van der Waals surface area contributed by atoms with E-state index >= 15 is 0 Å². The quantitative estimate of drug-likeness (QED) is 0.724. The zero-order valence-corrected chi connectivity index (χ0v) is 12.6. The van der Waals surface area contributed by atoms with Crippen LogP contribution in [0.2, 0.25) is 10.0 Å². The van der Waals surface area contributed by atoms with Crippen molar-refractivity contribution in [2.45, 2.75) is 19.3 Å². The Bertz CT molecular complexity index is 389. The number of alkyl halides is 1. The highest BCUT2D eigenvalue weighted by Gasteiger charge is 2.32. The molecule has 0 spiro atoms. The van der Waals surface area contributed by atoms with Crippen molar-refractivity contribution < 1.29 is 4.74 Å². The molecule has 4 heteroatoms. The van der Waals surface area contributed by atoms with E-state index in [1.165, 1.54) is 6.42 Å². The fourth-order valence-corrected chi connectivity index (χ4v) is 3.30. The fraction of sp³-hybridized carbons (Fsp3) is 0.538. The maximum Gasteiger partial charge on any atom is 0.0533 e. The van der Waals surface area contributed by atoms with Crippen molar-refractivity contribution >= 4 is 39.1 Å². The minimum Gasteiger partial charge on any atom is -0.381 e. The lowest BCUT2D eigenvalue weighted by molar-refractivity contribution is 0.00616. The molecular formula is C13H15BrCl2O. The van der Waals surface area contributed by atoms with Gasteiger partial charge in [-0.05, 0) is 43.0 Å². The second-order valence-electron chi connectivity index (χ2n) is 4.70. The molecule has 1 saturated heterocycles. The molecule has 1 heterocycles. The van der Waals surface area contributed by atoms with Crippen molar-refractivity contribution in [3.05, 3.63) is 33.8 Å². The summed E-state index contributed by atoms with van der Waals surface area (Å²) in [4.78, 5) is 0. The smallest absolute Gasteiger partial charge is 0.0533 e. The normalized spacial score (nSPS) is 24.9. The van der Waals surface area contributed by atoms with Crippen molar-refractivity contribution in [1.29, 1.82) is 0 Å². The van der Waals surface area contributed by atoms with E-state index in [0.29, 0.717) is 0 Å². The van der Waals surface area contributed by atoms with Crippen molar-refractivity contribution in [3.63, 3.8) is 0 Å². The van der Waals surface area contributed by atoms with Gasteiger partial charge in [0.15, 0.2) is 0 Å². The van der Waals surface area contributed by atoms with Crippen molar-refractivity contribution in [3.8, 4) is 0 Å². The molecule has 0 bridgehead atoms. The van der Waals surface area contributed by atoms with Crippen LogP contribution in [0, 0.1) is 5.41 Å². The number of hydrogen-bond acceptors (Lipinski definition) is 1. The second kappa shape index (κ2) is 5.92. The third-order valence-corrected chi connectivity index (χ3v) is 5.05. The van der Waals surface area contributed by atoms with Crippen molar-refractivity contribution in [2.75, 3.05) is 18.5 Å². The fourth-order valence-electron chi connectivity index (χ4n) is 2.28. The van der Waals surface area contributed by atoms with E-state index < -0.39 is 0 Å². The number of rotatable bonds is 3. The molecule has 94 valence electrons. The molecule has 2 rings (SSSR count). The first-order valence-electron chi connectivity index (χ1n) is 5.73. The maximum absolute atomic E-state index is 6.22. The summed E-state index contributed by atoms with van der Waals surface area (Å²) in [6.07, 6.45) is 3.20. The highest BCUT2D eigenvalue weighted by atomic mass is 79.9. The predicted octanol–water partition coefficient (Wildman–Crippen LogP) is 4.73. The van der Waals surface area contributed by atoms with Gasteiger partial charge < -0.3 is 4.74 Å². The zero-order valence-electron chi connectivity index (χ0n) is 9.52. The monoisotopic (exact) mass is 336 g/mol. The average molecular weight is 338 g/mol. The first-order chi connectivity index (χ1) is 8.15. The lowest BCUT2D eigenvalue weighted by Gasteiger charge is -2.36. The van der Waals surface area contributed by atoms with Gasteiger partial charge in [-0.15, -0.1) is 0 Å². The Labute approximate surface area is 121 Å². The SMILES string of the molecule is Clc1ccc(Cl)c(CC2(CBr)CCCOC2)c1. The van der Waals surface area contributed by atoms with Gasteiger partial charge in [-0.25, -0.2) is 0 Å². The maximum atomic E-state index is 6.22. The van der Waals surface area contributed by atoms with E-state index in [9.17, 15) is 0 Å². The first kappa shape index (κ1) is 13.7. The Balaban J connectivity index is 2.20. The molecule has 0 amide bonds. The van der Waals surface area contributed by atoms with Crippen LogP contribution >= 0.6 is 39.1 Å². The van der Waals surface area contributed by atoms with Crippen LogP contribution in [-0.4, -0.2) is 18.5 Å². The van der Waals surface area contributed by atoms with Crippen LogP contribution < -0.4 is 0 Å². The molecule has 1 aromatic rings. The third kappa shape index (κ3) is 3.37. The highest BCUT2D eigenvalue weighted by Crippen LogP contribution is 2.36. The molecule has 1 nitrogen and oxygen atoms in total. The van der Waals surface area contributed by atoms with Crippen LogP contribution in [-0.2, 0) is 11.2 Å². The van der Waals surface area contributed by atoms with E-state index in [1.807, 2.05) is 18.2 Å². The molecule has 0 aromatic heterocycles. The zero-order chi connectivity index (χ0) is 12.3. The van der Waals surface area contributed by atoms with Gasteiger partial charge in [-0.2, -0.15) is 0 Å². The summed E-state index contributed by atoms with van der Waals surface area (Å²) < 4.78 is 5.61. The van der Waals surface area contributed by atoms with Crippen molar-refractivity contribution in [1.82, 2.24) is 0 Å². The molecule has 1 unspecified atom stereocenters. The molecule has 1 aliphatic heterocycles. The van der Waals surface area contributed by atoms with Crippen LogP contribution in [0.5, 0.6) is 0 Å². The van der Waals surface area contributed by atoms with E-state index in [1.54, 1.807) is 0 Å². The summed E-state index contributed by atoms with van der Waals surface area (Å²) in [5, 5.41) is 2.47. The Morgan fingerprint density at radius 3 is 2.82 bits per heavy atom. The minimum atomic E-state index is 0.159. The Morgan fingerprint density at radius 2 is 2.18 bits per heavy atom. The molecule has 1 fully saturated rings. The van der Waals surface area contributed by atoms with Gasteiger partial charge in [-0.3, -0.25) is 0 Å². The van der Waals surface area contributed by atoms with Gasteiger partial charge in [0.05, 0.1) is 6.61 Å². The molecule has 0 aliphatic carbocycles. The first-order valence-corrected chi connectivity index (χ1v) is 7.61. The number of hydrogen-bond donors (Lipinski definition) is 0. The van der Waals surface area contributed by atoms with Gasteiger partial charge in [0.25, 0.3) is 0 Å². The van der Waals surface area contributed by atoms with Crippen LogP contribution in [0.3, 0.4) is 0 Å². The summed E-state index contributed by atoms with van der Waals surface area (Å²) in [7, 11) is 0. The van der Waals surface area contributed by atoms with Gasteiger partial charge >= 0.3 is 0 Å². The van der Waals surface area contributed by atoms with Crippen LogP contribution in [0.1, 0.15) is 18.4 Å². The Morgan fingerprint density at radius 1 is 1.35 bits per heavy atom. The molecule has 0 saturated carbocycles.